The lowest BCUT2D eigenvalue weighted by Gasteiger charge is -2.16. The smallest absolute Gasteiger partial charge is 0.324 e. The number of halogens is 3. The molecule has 74 valence electrons. The Balaban J connectivity index is 2.89. The van der Waals surface area contributed by atoms with E-state index in [0.29, 0.717) is 0 Å². The monoisotopic (exact) mass is 210 g/mol. The zero-order valence-electron chi connectivity index (χ0n) is 7.14. The minimum Gasteiger partial charge on any atom is -0.324 e. The van der Waals surface area contributed by atoms with Crippen LogP contribution in [0.3, 0.4) is 0 Å². The molecular weight excluding hydrogens is 200 g/mol. The second-order valence-corrected chi connectivity index (χ2v) is 6.91. The van der Waals surface area contributed by atoms with Gasteiger partial charge >= 0.3 is 6.18 Å². The Labute approximate surface area is 75.1 Å². The van der Waals surface area contributed by atoms with Crippen molar-refractivity contribution in [1.82, 2.24) is 0 Å². The lowest BCUT2D eigenvalue weighted by Crippen LogP contribution is -2.28. The molecule has 0 spiro atoms. The van der Waals surface area contributed by atoms with Crippen molar-refractivity contribution in [1.29, 1.82) is 0 Å². The Morgan fingerprint density at radius 3 is 2.31 bits per heavy atom. The van der Waals surface area contributed by atoms with Gasteiger partial charge in [0.05, 0.1) is 13.1 Å². The van der Waals surface area contributed by atoms with Crippen molar-refractivity contribution >= 4 is 7.14 Å². The van der Waals surface area contributed by atoms with Gasteiger partial charge in [0.1, 0.15) is 0 Å². The zero-order chi connectivity index (χ0) is 10.3. The Morgan fingerprint density at radius 2 is 2.00 bits per heavy atom. The molecule has 5 heteroatoms. The topological polar surface area (TPSA) is 17.1 Å². The van der Waals surface area contributed by atoms with Crippen LogP contribution in [0.5, 0.6) is 0 Å². The van der Waals surface area contributed by atoms with E-state index in [9.17, 15) is 17.7 Å². The summed E-state index contributed by atoms with van der Waals surface area (Å²) in [7, 11) is -2.63. The van der Waals surface area contributed by atoms with E-state index in [0.717, 1.165) is 0 Å². The minimum absolute atomic E-state index is 0.0354. The van der Waals surface area contributed by atoms with E-state index in [-0.39, 0.29) is 12.3 Å². The zero-order valence-corrected chi connectivity index (χ0v) is 8.03. The average Bonchev–Trinajstić information content (AvgIpc) is 2.24. The normalized spacial score (nSPS) is 40.2. The first-order valence-electron chi connectivity index (χ1n) is 3.85. The molecule has 0 aromatic rings. The van der Waals surface area contributed by atoms with Crippen LogP contribution in [0.4, 0.5) is 13.2 Å². The summed E-state index contributed by atoms with van der Waals surface area (Å²) < 4.78 is 48.4. The first-order valence-corrected chi connectivity index (χ1v) is 6.37. The van der Waals surface area contributed by atoms with Gasteiger partial charge in [-0.05, 0) is 6.66 Å². The molecule has 13 heavy (non-hydrogen) atoms. The van der Waals surface area contributed by atoms with Crippen molar-refractivity contribution in [2.75, 3.05) is 19.0 Å². The highest BCUT2D eigenvalue weighted by atomic mass is 31.2. The van der Waals surface area contributed by atoms with E-state index in [1.165, 1.54) is 6.66 Å². The van der Waals surface area contributed by atoms with E-state index >= 15 is 0 Å². The molecule has 0 radical (unpaired) electrons. The predicted molar refractivity (Wildman–Crippen MR) is 45.1 cm³/mol. The Kier molecular flexibility index (Phi) is 2.51. The molecule has 1 aliphatic rings. The lowest BCUT2D eigenvalue weighted by molar-refractivity contribution is -0.173. The molecule has 0 aliphatic carbocycles. The van der Waals surface area contributed by atoms with Gasteiger partial charge in [-0.1, -0.05) is 0 Å². The van der Waals surface area contributed by atoms with Crippen molar-refractivity contribution in [3.8, 4) is 12.3 Å². The molecule has 1 nitrogen and oxygen atoms in total. The van der Waals surface area contributed by atoms with Crippen molar-refractivity contribution in [2.45, 2.75) is 6.18 Å². The van der Waals surface area contributed by atoms with Gasteiger partial charge < -0.3 is 4.57 Å². The van der Waals surface area contributed by atoms with Crippen LogP contribution in [0.2, 0.25) is 0 Å². The van der Waals surface area contributed by atoms with Gasteiger partial charge in [-0.2, -0.15) is 13.2 Å². The molecule has 1 saturated heterocycles. The average molecular weight is 210 g/mol. The number of hydrogen-bond acceptors (Lipinski definition) is 1. The largest absolute Gasteiger partial charge is 0.393 e. The number of rotatable bonds is 0. The standard InChI is InChI=1S/C8H10F3OP/c1-3-6-4-13(2,12)5-7(6)8(9,10)11/h1,6-7H,4-5H2,2H3. The third-order valence-corrected chi connectivity index (χ3v) is 4.62. The van der Waals surface area contributed by atoms with E-state index in [4.69, 9.17) is 6.42 Å². The van der Waals surface area contributed by atoms with E-state index in [1.807, 2.05) is 0 Å². The molecule has 0 aromatic heterocycles. The summed E-state index contributed by atoms with van der Waals surface area (Å²) in [6, 6.07) is 0. The molecule has 0 saturated carbocycles. The van der Waals surface area contributed by atoms with Crippen LogP contribution in [0.25, 0.3) is 0 Å². The Hall–Kier alpha value is -0.420. The van der Waals surface area contributed by atoms with Gasteiger partial charge in [-0.25, -0.2) is 0 Å². The predicted octanol–water partition coefficient (Wildman–Crippen LogP) is 2.42. The summed E-state index contributed by atoms with van der Waals surface area (Å²) in [5.41, 5.74) is 0. The molecule has 1 rings (SSSR count). The highest BCUT2D eigenvalue weighted by Gasteiger charge is 2.52. The maximum Gasteiger partial charge on any atom is 0.393 e. The molecule has 1 aliphatic heterocycles. The molecule has 0 bridgehead atoms. The number of hydrogen-bond donors (Lipinski definition) is 0. The summed E-state index contributed by atoms with van der Waals surface area (Å²) in [4.78, 5) is 0. The van der Waals surface area contributed by atoms with Crippen LogP contribution in [0.15, 0.2) is 0 Å². The van der Waals surface area contributed by atoms with Gasteiger partial charge in [0.2, 0.25) is 0 Å². The molecular formula is C8H10F3OP. The third-order valence-electron chi connectivity index (χ3n) is 2.29. The fourth-order valence-electron chi connectivity index (χ4n) is 1.66. The first kappa shape index (κ1) is 10.7. The number of alkyl halides is 3. The molecule has 1 fully saturated rings. The fraction of sp³-hybridized carbons (Fsp3) is 0.750. The van der Waals surface area contributed by atoms with Gasteiger partial charge in [0.15, 0.2) is 0 Å². The van der Waals surface area contributed by atoms with Crippen LogP contribution in [-0.2, 0) is 4.57 Å². The summed E-state index contributed by atoms with van der Waals surface area (Å²) in [5.74, 6) is -0.371. The third kappa shape index (κ3) is 2.28. The fourth-order valence-corrected chi connectivity index (χ4v) is 4.30. The van der Waals surface area contributed by atoms with Crippen molar-refractivity contribution in [3.05, 3.63) is 0 Å². The van der Waals surface area contributed by atoms with Crippen molar-refractivity contribution < 1.29 is 17.7 Å². The quantitative estimate of drug-likeness (QED) is 0.443. The van der Waals surface area contributed by atoms with Crippen molar-refractivity contribution in [3.63, 3.8) is 0 Å². The molecule has 3 unspecified atom stereocenters. The van der Waals surface area contributed by atoms with Crippen LogP contribution in [-0.4, -0.2) is 25.2 Å². The lowest BCUT2D eigenvalue weighted by atomic mass is 9.97. The van der Waals surface area contributed by atoms with Gasteiger partial charge in [0, 0.05) is 18.2 Å². The van der Waals surface area contributed by atoms with Crippen LogP contribution < -0.4 is 0 Å². The summed E-state index contributed by atoms with van der Waals surface area (Å²) in [6.07, 6.45) is 0.414. The SMILES string of the molecule is C#CC1CP(C)(=O)CC1C(F)(F)F. The molecule has 1 heterocycles. The highest BCUT2D eigenvalue weighted by molar-refractivity contribution is 7.63. The van der Waals surface area contributed by atoms with Crippen LogP contribution in [0.1, 0.15) is 0 Å². The molecule has 0 N–H and O–H groups in total. The van der Waals surface area contributed by atoms with Crippen LogP contribution >= 0.6 is 7.14 Å². The summed E-state index contributed by atoms with van der Waals surface area (Å²) >= 11 is 0. The Bertz CT molecular complexity index is 289. The van der Waals surface area contributed by atoms with Gasteiger partial charge in [-0.3, -0.25) is 0 Å². The minimum atomic E-state index is -4.31. The maximum atomic E-state index is 12.3. The first-order chi connectivity index (χ1) is 5.76. The highest BCUT2D eigenvalue weighted by Crippen LogP contribution is 2.57. The second kappa shape index (κ2) is 3.06. The molecule has 0 amide bonds. The summed E-state index contributed by atoms with van der Waals surface area (Å²) in [5, 5.41) is 0. The van der Waals surface area contributed by atoms with Crippen LogP contribution in [0, 0.1) is 24.2 Å². The van der Waals surface area contributed by atoms with E-state index in [2.05, 4.69) is 5.92 Å². The van der Waals surface area contributed by atoms with Gasteiger partial charge in [0.25, 0.3) is 0 Å². The van der Waals surface area contributed by atoms with Gasteiger partial charge in [-0.15, -0.1) is 12.3 Å². The van der Waals surface area contributed by atoms with E-state index in [1.54, 1.807) is 0 Å². The molecule has 0 aromatic carbocycles. The summed E-state index contributed by atoms with van der Waals surface area (Å²) in [6.45, 7) is 1.39. The Morgan fingerprint density at radius 1 is 1.46 bits per heavy atom. The second-order valence-electron chi connectivity index (χ2n) is 3.58. The maximum absolute atomic E-state index is 12.3. The molecule has 3 atom stereocenters. The number of terminal acetylenes is 1. The van der Waals surface area contributed by atoms with Crippen molar-refractivity contribution in [2.24, 2.45) is 11.8 Å². The van der Waals surface area contributed by atoms with E-state index < -0.39 is 25.2 Å².